The maximum atomic E-state index is 14.7. The zero-order chi connectivity index (χ0) is 23.1. The Hall–Kier alpha value is -4.21. The van der Waals surface area contributed by atoms with Gasteiger partial charge in [0.05, 0.1) is 12.2 Å². The summed E-state index contributed by atoms with van der Waals surface area (Å²) in [6, 6.07) is 9.93. The van der Waals surface area contributed by atoms with Crippen LogP contribution in [0.5, 0.6) is 0 Å². The van der Waals surface area contributed by atoms with E-state index < -0.39 is 11.6 Å². The first-order valence-electron chi connectivity index (χ1n) is 10.2. The van der Waals surface area contributed by atoms with Crippen molar-refractivity contribution in [1.82, 2.24) is 29.4 Å². The van der Waals surface area contributed by atoms with Gasteiger partial charge in [0, 0.05) is 29.6 Å². The first kappa shape index (κ1) is 20.7. The number of fused-ring (bicyclic) bond motifs is 1. The van der Waals surface area contributed by atoms with Gasteiger partial charge in [-0.2, -0.15) is 10.1 Å². The molecule has 2 N–H and O–H groups in total. The lowest BCUT2D eigenvalue weighted by molar-refractivity contribution is 0.508. The highest BCUT2D eigenvalue weighted by molar-refractivity contribution is 5.69. The van der Waals surface area contributed by atoms with Crippen LogP contribution in [0.1, 0.15) is 24.9 Å². The Morgan fingerprint density at radius 2 is 1.67 bits per heavy atom. The molecule has 0 bridgehead atoms. The summed E-state index contributed by atoms with van der Waals surface area (Å²) in [4.78, 5) is 8.33. The van der Waals surface area contributed by atoms with Crippen LogP contribution in [0.25, 0.3) is 28.2 Å². The number of rotatable bonds is 5. The van der Waals surface area contributed by atoms with E-state index in [2.05, 4.69) is 20.2 Å². The van der Waals surface area contributed by atoms with E-state index in [0.717, 1.165) is 11.6 Å². The lowest BCUT2D eigenvalue weighted by Gasteiger charge is -2.16. The molecule has 0 radical (unpaired) electrons. The molecule has 33 heavy (non-hydrogen) atoms. The molecule has 0 aliphatic carbocycles. The van der Waals surface area contributed by atoms with Crippen LogP contribution in [0.3, 0.4) is 0 Å². The van der Waals surface area contributed by atoms with Gasteiger partial charge in [0.2, 0.25) is 5.95 Å². The van der Waals surface area contributed by atoms with Crippen LogP contribution >= 0.6 is 0 Å². The van der Waals surface area contributed by atoms with Gasteiger partial charge in [0.15, 0.2) is 17.3 Å². The van der Waals surface area contributed by atoms with Crippen molar-refractivity contribution in [3.8, 4) is 22.5 Å². The highest BCUT2D eigenvalue weighted by Gasteiger charge is 2.19. The molecule has 7 nitrogen and oxygen atoms in total. The van der Waals surface area contributed by atoms with Crippen LogP contribution in [0.2, 0.25) is 0 Å². The molecule has 0 aliphatic rings. The Kier molecular flexibility index (Phi) is 5.04. The molecular weight excluding hydrogens is 431 g/mol. The molecule has 5 rings (SSSR count). The third kappa shape index (κ3) is 3.79. The minimum absolute atomic E-state index is 0.0335. The maximum absolute atomic E-state index is 14.7. The van der Waals surface area contributed by atoms with Gasteiger partial charge in [-0.05, 0) is 36.2 Å². The van der Waals surface area contributed by atoms with Crippen molar-refractivity contribution in [3.63, 3.8) is 0 Å². The smallest absolute Gasteiger partial charge is 0.240 e. The van der Waals surface area contributed by atoms with Gasteiger partial charge in [0.25, 0.3) is 0 Å². The quantitative estimate of drug-likeness (QED) is 0.422. The zero-order valence-electron chi connectivity index (χ0n) is 17.5. The number of aromatic nitrogens is 6. The molecule has 166 valence electrons. The molecule has 5 aromatic rings. The number of hydrogen-bond acceptors (Lipinski definition) is 5. The van der Waals surface area contributed by atoms with E-state index in [1.165, 1.54) is 22.8 Å². The van der Waals surface area contributed by atoms with Crippen molar-refractivity contribution >= 4 is 11.6 Å². The Morgan fingerprint density at radius 1 is 0.939 bits per heavy atom. The van der Waals surface area contributed by atoms with Crippen molar-refractivity contribution < 1.29 is 13.2 Å². The summed E-state index contributed by atoms with van der Waals surface area (Å²) in [7, 11) is 0. The van der Waals surface area contributed by atoms with Crippen molar-refractivity contribution in [2.24, 2.45) is 0 Å². The molecule has 0 fully saturated rings. The third-order valence-corrected chi connectivity index (χ3v) is 5.39. The third-order valence-electron chi connectivity index (χ3n) is 5.39. The summed E-state index contributed by atoms with van der Waals surface area (Å²) >= 11 is 0. The fraction of sp³-hybridized carbons (Fsp3) is 0.130. The molecule has 4 aromatic heterocycles. The second kappa shape index (κ2) is 8.05. The van der Waals surface area contributed by atoms with Gasteiger partial charge in [-0.15, -0.1) is 5.10 Å². The number of nitrogens with zero attached hydrogens (tertiary/aromatic N) is 6. The highest BCUT2D eigenvalue weighted by atomic mass is 19.1. The van der Waals surface area contributed by atoms with Gasteiger partial charge in [0.1, 0.15) is 17.2 Å². The van der Waals surface area contributed by atoms with Crippen LogP contribution in [0, 0.1) is 17.5 Å². The van der Waals surface area contributed by atoms with E-state index in [1.54, 1.807) is 41.3 Å². The maximum Gasteiger partial charge on any atom is 0.240 e. The predicted molar refractivity (Wildman–Crippen MR) is 117 cm³/mol. The second-order valence-electron chi connectivity index (χ2n) is 7.52. The van der Waals surface area contributed by atoms with Crippen molar-refractivity contribution in [3.05, 3.63) is 84.1 Å². The molecule has 0 aliphatic heterocycles. The lowest BCUT2D eigenvalue weighted by atomic mass is 10.0. The van der Waals surface area contributed by atoms with Crippen LogP contribution in [-0.2, 0) is 0 Å². The van der Waals surface area contributed by atoms with E-state index >= 15 is 0 Å². The molecule has 0 saturated carbocycles. The summed E-state index contributed by atoms with van der Waals surface area (Å²) in [5.74, 6) is -1.86. The summed E-state index contributed by atoms with van der Waals surface area (Å²) in [6.07, 6.45) is 5.37. The minimum atomic E-state index is -0.807. The standard InChI is InChI=1S/C23H18F3N7/c1-2-19(13-3-5-16(24)6-4-13)33-12-15(11-28-33)22-18(26)10-17(25)21(30-22)14-7-8-32-20(9-14)29-23(27)31-32/h3-12,19H,2H2,1H3,(H2,27,31). The van der Waals surface area contributed by atoms with Gasteiger partial charge >= 0.3 is 0 Å². The number of benzene rings is 1. The lowest BCUT2D eigenvalue weighted by Crippen LogP contribution is -2.10. The van der Waals surface area contributed by atoms with E-state index in [4.69, 9.17) is 5.73 Å². The molecule has 10 heteroatoms. The topological polar surface area (TPSA) is 86.9 Å². The molecule has 0 amide bonds. The monoisotopic (exact) mass is 449 g/mol. The zero-order valence-corrected chi connectivity index (χ0v) is 17.5. The molecule has 0 spiro atoms. The van der Waals surface area contributed by atoms with E-state index in [9.17, 15) is 13.2 Å². The molecule has 0 saturated heterocycles. The van der Waals surface area contributed by atoms with Crippen LogP contribution in [-0.4, -0.2) is 29.4 Å². The fourth-order valence-corrected chi connectivity index (χ4v) is 3.81. The minimum Gasteiger partial charge on any atom is -0.366 e. The SMILES string of the molecule is CCC(c1ccc(F)cc1)n1cc(-c2nc(-c3ccn4nc(N)nc4c3)c(F)cc2F)cn1. The van der Waals surface area contributed by atoms with Crippen molar-refractivity contribution in [1.29, 1.82) is 0 Å². The molecular formula is C23H18F3N7. The number of nitrogen functional groups attached to an aromatic ring is 1. The number of halogens is 3. The Labute approximate surface area is 186 Å². The average molecular weight is 449 g/mol. The Bertz CT molecular complexity index is 1460. The number of nitrogens with two attached hydrogens (primary N) is 1. The van der Waals surface area contributed by atoms with Crippen LogP contribution in [0.15, 0.2) is 61.1 Å². The average Bonchev–Trinajstić information content (AvgIpc) is 3.41. The van der Waals surface area contributed by atoms with Crippen LogP contribution < -0.4 is 5.73 Å². The van der Waals surface area contributed by atoms with E-state index in [1.807, 2.05) is 6.92 Å². The second-order valence-corrected chi connectivity index (χ2v) is 7.52. The summed E-state index contributed by atoms with van der Waals surface area (Å²) < 4.78 is 45.8. The number of pyridine rings is 2. The summed E-state index contributed by atoms with van der Waals surface area (Å²) in [5.41, 5.74) is 7.61. The molecule has 1 unspecified atom stereocenters. The van der Waals surface area contributed by atoms with E-state index in [0.29, 0.717) is 23.2 Å². The predicted octanol–water partition coefficient (Wildman–Crippen LogP) is 4.65. The number of anilines is 1. The highest BCUT2D eigenvalue weighted by Crippen LogP contribution is 2.30. The Balaban J connectivity index is 1.54. The normalized spacial score (nSPS) is 12.4. The van der Waals surface area contributed by atoms with Gasteiger partial charge in [-0.3, -0.25) is 4.68 Å². The molecule has 1 atom stereocenters. The first-order valence-corrected chi connectivity index (χ1v) is 10.2. The van der Waals surface area contributed by atoms with Crippen molar-refractivity contribution in [2.45, 2.75) is 19.4 Å². The summed E-state index contributed by atoms with van der Waals surface area (Å²) in [6.45, 7) is 1.97. The first-order chi connectivity index (χ1) is 15.9. The molecule has 1 aromatic carbocycles. The largest absolute Gasteiger partial charge is 0.366 e. The van der Waals surface area contributed by atoms with Crippen LogP contribution in [0.4, 0.5) is 19.1 Å². The van der Waals surface area contributed by atoms with Crippen molar-refractivity contribution in [2.75, 3.05) is 5.73 Å². The van der Waals surface area contributed by atoms with Gasteiger partial charge < -0.3 is 5.73 Å². The van der Waals surface area contributed by atoms with Gasteiger partial charge in [-0.1, -0.05) is 19.1 Å². The number of hydrogen-bond donors (Lipinski definition) is 1. The fourth-order valence-electron chi connectivity index (χ4n) is 3.81. The summed E-state index contributed by atoms with van der Waals surface area (Å²) in [5, 5.41) is 8.34. The van der Waals surface area contributed by atoms with E-state index in [-0.39, 0.29) is 29.2 Å². The Morgan fingerprint density at radius 3 is 2.39 bits per heavy atom. The molecule has 4 heterocycles. The van der Waals surface area contributed by atoms with Gasteiger partial charge in [-0.25, -0.2) is 22.7 Å².